The average molecular weight is 534 g/mol. The summed E-state index contributed by atoms with van der Waals surface area (Å²) in [6, 6.07) is 27.1. The summed E-state index contributed by atoms with van der Waals surface area (Å²) >= 11 is 0. The summed E-state index contributed by atoms with van der Waals surface area (Å²) < 4.78 is 0. The van der Waals surface area contributed by atoms with Crippen molar-refractivity contribution >= 4 is 28.6 Å². The number of aliphatic hydroxyl groups is 1. The zero-order valence-corrected chi connectivity index (χ0v) is 22.9. The molecule has 0 aliphatic carbocycles. The van der Waals surface area contributed by atoms with Gasteiger partial charge in [-0.05, 0) is 61.1 Å². The fourth-order valence-electron chi connectivity index (χ4n) is 4.89. The Hall–Kier alpha value is -4.46. The first kappa shape index (κ1) is 27.1. The summed E-state index contributed by atoms with van der Waals surface area (Å²) in [4.78, 5) is 19.8. The van der Waals surface area contributed by atoms with Gasteiger partial charge in [0.15, 0.2) is 6.23 Å². The molecule has 40 heavy (non-hydrogen) atoms. The van der Waals surface area contributed by atoms with Crippen LogP contribution in [0.5, 0.6) is 0 Å². The van der Waals surface area contributed by atoms with E-state index in [2.05, 4.69) is 63.9 Å². The van der Waals surface area contributed by atoms with Crippen molar-refractivity contribution in [1.82, 2.24) is 15.2 Å². The molecular formula is C33H35N5O2. The Morgan fingerprint density at radius 3 is 2.45 bits per heavy atom. The van der Waals surface area contributed by atoms with Gasteiger partial charge >= 0.3 is 0 Å². The summed E-state index contributed by atoms with van der Waals surface area (Å²) in [5.41, 5.74) is 8.15. The van der Waals surface area contributed by atoms with Crippen LogP contribution in [-0.4, -0.2) is 40.5 Å². The lowest BCUT2D eigenvalue weighted by atomic mass is 9.99. The maximum Gasteiger partial charge on any atom is 0.253 e. The van der Waals surface area contributed by atoms with Gasteiger partial charge in [0.2, 0.25) is 0 Å². The zero-order chi connectivity index (χ0) is 27.9. The molecule has 4 N–H and O–H groups in total. The minimum absolute atomic E-state index is 0.343. The van der Waals surface area contributed by atoms with Crippen LogP contribution < -0.4 is 16.0 Å². The van der Waals surface area contributed by atoms with Gasteiger partial charge in [-0.2, -0.15) is 0 Å². The number of carbonyl (C=O) groups is 1. The van der Waals surface area contributed by atoms with E-state index in [-0.39, 0.29) is 5.91 Å². The molecule has 0 unspecified atom stereocenters. The van der Waals surface area contributed by atoms with Gasteiger partial charge in [0.1, 0.15) is 0 Å². The topological polar surface area (TPSA) is 89.5 Å². The van der Waals surface area contributed by atoms with Crippen LogP contribution in [-0.2, 0) is 6.54 Å². The number of pyridine rings is 1. The Morgan fingerprint density at radius 2 is 1.75 bits per heavy atom. The van der Waals surface area contributed by atoms with Crippen LogP contribution in [0.3, 0.4) is 0 Å². The molecule has 0 spiro atoms. The van der Waals surface area contributed by atoms with Crippen molar-refractivity contribution in [1.29, 1.82) is 0 Å². The van der Waals surface area contributed by atoms with Crippen molar-refractivity contribution < 1.29 is 9.90 Å². The van der Waals surface area contributed by atoms with Crippen LogP contribution in [0.2, 0.25) is 0 Å². The van der Waals surface area contributed by atoms with E-state index in [1.54, 1.807) is 24.4 Å². The molecule has 0 saturated heterocycles. The molecule has 4 aromatic rings. The van der Waals surface area contributed by atoms with E-state index in [0.29, 0.717) is 17.7 Å². The second-order valence-corrected chi connectivity index (χ2v) is 9.78. The number of nitrogens with zero attached hydrogens (tertiary/aromatic N) is 2. The van der Waals surface area contributed by atoms with Gasteiger partial charge in [0.05, 0.1) is 5.70 Å². The Kier molecular flexibility index (Phi) is 8.54. The molecule has 1 aliphatic heterocycles. The molecule has 5 rings (SSSR count). The normalized spacial score (nSPS) is 14.3. The Labute approximate surface area is 235 Å². The number of rotatable bonds is 10. The molecule has 1 amide bonds. The lowest BCUT2D eigenvalue weighted by Crippen LogP contribution is -2.28. The van der Waals surface area contributed by atoms with E-state index in [4.69, 9.17) is 0 Å². The highest BCUT2D eigenvalue weighted by Gasteiger charge is 2.23. The van der Waals surface area contributed by atoms with Crippen LogP contribution >= 0.6 is 0 Å². The summed E-state index contributed by atoms with van der Waals surface area (Å²) in [5.74, 6) is -0.343. The van der Waals surface area contributed by atoms with Crippen molar-refractivity contribution in [2.24, 2.45) is 0 Å². The van der Waals surface area contributed by atoms with E-state index < -0.39 is 6.23 Å². The fraction of sp³-hybridized carbons (Fsp3) is 0.212. The van der Waals surface area contributed by atoms with Gasteiger partial charge < -0.3 is 21.1 Å². The number of nitrogens with one attached hydrogen (secondary N) is 3. The van der Waals surface area contributed by atoms with Gasteiger partial charge in [-0.1, -0.05) is 56.3 Å². The van der Waals surface area contributed by atoms with Gasteiger partial charge in [0.25, 0.3) is 5.91 Å². The minimum Gasteiger partial charge on any atom is -0.380 e. The molecule has 3 aromatic carbocycles. The highest BCUT2D eigenvalue weighted by atomic mass is 16.3. The molecule has 1 atom stereocenters. The van der Waals surface area contributed by atoms with Crippen molar-refractivity contribution in [3.05, 3.63) is 125 Å². The molecule has 0 saturated carbocycles. The third kappa shape index (κ3) is 6.22. The standard InChI is InChI=1S/C33H35N5O2/c1-3-38(4-2)22-23-12-15-27(16-13-23)36-31(26-11-8-18-34-20-26)29-21-35-30-17-14-25(19-28(29)30)33(40)37-32(39)24-9-6-5-7-10-24/h5-20,32,35-36,39H,3-4,21-22H2,1-2H3,(H,37,40)/b31-29+/t32-/m1/s1. The highest BCUT2D eigenvalue weighted by Crippen LogP contribution is 2.37. The zero-order valence-electron chi connectivity index (χ0n) is 22.9. The second kappa shape index (κ2) is 12.6. The first-order valence-electron chi connectivity index (χ1n) is 13.7. The Morgan fingerprint density at radius 1 is 0.975 bits per heavy atom. The molecule has 0 radical (unpaired) electrons. The summed E-state index contributed by atoms with van der Waals surface area (Å²) in [7, 11) is 0. The smallest absolute Gasteiger partial charge is 0.253 e. The largest absolute Gasteiger partial charge is 0.380 e. The number of aromatic nitrogens is 1. The quantitative estimate of drug-likeness (QED) is 0.194. The number of carbonyl (C=O) groups excluding carboxylic acids is 1. The van der Waals surface area contributed by atoms with Crippen LogP contribution in [0.25, 0.3) is 11.3 Å². The van der Waals surface area contributed by atoms with E-state index in [9.17, 15) is 9.90 Å². The molecule has 1 aromatic heterocycles. The number of hydrogen-bond donors (Lipinski definition) is 4. The number of amides is 1. The van der Waals surface area contributed by atoms with Crippen LogP contribution in [0.15, 0.2) is 97.3 Å². The third-order valence-corrected chi connectivity index (χ3v) is 7.22. The average Bonchev–Trinajstić information content (AvgIpc) is 3.43. The SMILES string of the molecule is CCN(CC)Cc1ccc(N/C(=C2\CNc3ccc(C(=O)N[C@H](O)c4ccccc4)cc32)c2cccnc2)cc1. The van der Waals surface area contributed by atoms with Crippen LogP contribution in [0, 0.1) is 0 Å². The second-order valence-electron chi connectivity index (χ2n) is 9.78. The van der Waals surface area contributed by atoms with Crippen molar-refractivity contribution in [2.75, 3.05) is 30.3 Å². The summed E-state index contributed by atoms with van der Waals surface area (Å²) in [6.07, 6.45) is 2.51. The first-order valence-corrected chi connectivity index (χ1v) is 13.7. The van der Waals surface area contributed by atoms with E-state index in [1.165, 1.54) is 5.56 Å². The van der Waals surface area contributed by atoms with Crippen LogP contribution in [0.1, 0.15) is 52.7 Å². The summed E-state index contributed by atoms with van der Waals surface area (Å²) in [5, 5.41) is 20.3. The number of aliphatic hydroxyl groups excluding tert-OH is 1. The van der Waals surface area contributed by atoms with Crippen molar-refractivity contribution in [3.63, 3.8) is 0 Å². The maximum absolute atomic E-state index is 13.1. The van der Waals surface area contributed by atoms with Gasteiger partial charge in [-0.15, -0.1) is 0 Å². The predicted octanol–water partition coefficient (Wildman–Crippen LogP) is 5.75. The molecule has 0 bridgehead atoms. The monoisotopic (exact) mass is 533 g/mol. The predicted molar refractivity (Wildman–Crippen MR) is 162 cm³/mol. The van der Waals surface area contributed by atoms with Gasteiger partial charge in [-0.25, -0.2) is 0 Å². The molecule has 0 fully saturated rings. The van der Waals surface area contributed by atoms with Crippen LogP contribution in [0.4, 0.5) is 11.4 Å². The lowest BCUT2D eigenvalue weighted by Gasteiger charge is -2.19. The molecule has 7 heteroatoms. The highest BCUT2D eigenvalue weighted by molar-refractivity contribution is 6.04. The molecule has 7 nitrogen and oxygen atoms in total. The minimum atomic E-state index is -1.09. The molecule has 204 valence electrons. The van der Waals surface area contributed by atoms with E-state index >= 15 is 0 Å². The Balaban J connectivity index is 1.44. The van der Waals surface area contributed by atoms with Gasteiger partial charge in [-0.3, -0.25) is 14.7 Å². The van der Waals surface area contributed by atoms with Crippen molar-refractivity contribution in [2.45, 2.75) is 26.6 Å². The number of benzene rings is 3. The van der Waals surface area contributed by atoms with E-state index in [0.717, 1.165) is 53.4 Å². The first-order chi connectivity index (χ1) is 19.6. The molecular weight excluding hydrogens is 498 g/mol. The maximum atomic E-state index is 13.1. The number of hydrogen-bond acceptors (Lipinski definition) is 6. The molecule has 2 heterocycles. The third-order valence-electron chi connectivity index (χ3n) is 7.22. The number of anilines is 2. The summed E-state index contributed by atoms with van der Waals surface area (Å²) in [6.45, 7) is 7.92. The van der Waals surface area contributed by atoms with Gasteiger partial charge in [0, 0.05) is 64.7 Å². The number of fused-ring (bicyclic) bond motifs is 1. The van der Waals surface area contributed by atoms with E-state index in [1.807, 2.05) is 48.7 Å². The Bertz CT molecular complexity index is 1470. The fourth-order valence-corrected chi connectivity index (χ4v) is 4.89. The van der Waals surface area contributed by atoms with Crippen molar-refractivity contribution in [3.8, 4) is 0 Å². The lowest BCUT2D eigenvalue weighted by molar-refractivity contribution is 0.0783. The molecule has 1 aliphatic rings.